The molecule has 1 aromatic rings. The van der Waals surface area contributed by atoms with Crippen molar-refractivity contribution >= 4 is 5.97 Å². The van der Waals surface area contributed by atoms with E-state index in [0.717, 1.165) is 18.3 Å². The van der Waals surface area contributed by atoms with E-state index >= 15 is 0 Å². The molecule has 3 aliphatic rings. The average Bonchev–Trinajstić information content (AvgIpc) is 2.86. The molecule has 0 aromatic heterocycles. The quantitative estimate of drug-likeness (QED) is 0.405. The predicted octanol–water partition coefficient (Wildman–Crippen LogP) is 5.11. The van der Waals surface area contributed by atoms with Crippen molar-refractivity contribution in [3.05, 3.63) is 29.3 Å². The third-order valence-electron chi connectivity index (χ3n) is 7.88. The highest BCUT2D eigenvalue weighted by Crippen LogP contribution is 2.67. The number of aryl methyl sites for hydroxylation is 1. The number of terminal acetylenes is 1. The van der Waals surface area contributed by atoms with Crippen LogP contribution in [0.2, 0.25) is 0 Å². The number of ether oxygens (including phenoxy) is 1. The number of esters is 1. The molecule has 0 aliphatic heterocycles. The van der Waals surface area contributed by atoms with Gasteiger partial charge in [-0.3, -0.25) is 4.79 Å². The zero-order valence-electron chi connectivity index (χ0n) is 15.6. The van der Waals surface area contributed by atoms with Crippen molar-refractivity contribution in [1.29, 1.82) is 0 Å². The molecule has 0 amide bonds. The number of carbonyl (C=O) groups excluding carboxylic acids is 1. The lowest BCUT2D eigenvalue weighted by atomic mass is 9.51. The smallest absolute Gasteiger partial charge is 0.308 e. The van der Waals surface area contributed by atoms with Crippen LogP contribution in [0, 0.1) is 35.0 Å². The molecule has 25 heavy (non-hydrogen) atoms. The zero-order chi connectivity index (χ0) is 17.8. The Balaban J connectivity index is 1.65. The molecule has 0 spiro atoms. The van der Waals surface area contributed by atoms with Gasteiger partial charge in [0, 0.05) is 12.3 Å². The van der Waals surface area contributed by atoms with Gasteiger partial charge in [0.15, 0.2) is 0 Å². The van der Waals surface area contributed by atoms with Gasteiger partial charge in [-0.15, -0.1) is 6.42 Å². The van der Waals surface area contributed by atoms with E-state index in [4.69, 9.17) is 11.2 Å². The first-order valence-electron chi connectivity index (χ1n) is 9.67. The van der Waals surface area contributed by atoms with Crippen molar-refractivity contribution in [3.8, 4) is 18.1 Å². The van der Waals surface area contributed by atoms with Crippen LogP contribution in [0.15, 0.2) is 18.2 Å². The largest absolute Gasteiger partial charge is 0.427 e. The van der Waals surface area contributed by atoms with Crippen molar-refractivity contribution in [3.63, 3.8) is 0 Å². The van der Waals surface area contributed by atoms with Crippen molar-refractivity contribution in [2.24, 2.45) is 22.7 Å². The highest BCUT2D eigenvalue weighted by molar-refractivity contribution is 5.69. The summed E-state index contributed by atoms with van der Waals surface area (Å²) in [5, 5.41) is 0. The van der Waals surface area contributed by atoms with Crippen LogP contribution >= 0.6 is 0 Å². The summed E-state index contributed by atoms with van der Waals surface area (Å²) < 4.78 is 5.28. The first-order valence-corrected chi connectivity index (χ1v) is 9.67. The average molecular weight is 336 g/mol. The number of hydrogen-bond acceptors (Lipinski definition) is 2. The fourth-order valence-electron chi connectivity index (χ4n) is 6.29. The molecule has 4 rings (SSSR count). The number of benzene rings is 1. The Bertz CT molecular complexity index is 758. The van der Waals surface area contributed by atoms with Crippen LogP contribution in [0.1, 0.15) is 69.9 Å². The molecule has 0 radical (unpaired) electrons. The summed E-state index contributed by atoms with van der Waals surface area (Å²) in [6.45, 7) is 6.23. The van der Waals surface area contributed by atoms with E-state index in [2.05, 4.69) is 31.9 Å². The van der Waals surface area contributed by atoms with Crippen LogP contribution in [0.4, 0.5) is 0 Å². The Hall–Kier alpha value is -1.75. The monoisotopic (exact) mass is 336 g/mol. The summed E-state index contributed by atoms with van der Waals surface area (Å²) in [4.78, 5) is 11.2. The molecule has 0 N–H and O–H groups in total. The Morgan fingerprint density at radius 3 is 2.76 bits per heavy atom. The second-order valence-corrected chi connectivity index (χ2v) is 8.84. The van der Waals surface area contributed by atoms with Crippen LogP contribution in [0.3, 0.4) is 0 Å². The van der Waals surface area contributed by atoms with E-state index in [0.29, 0.717) is 11.7 Å². The highest BCUT2D eigenvalue weighted by Gasteiger charge is 2.59. The highest BCUT2D eigenvalue weighted by atomic mass is 16.5. The molecule has 3 aliphatic carbocycles. The van der Waals surface area contributed by atoms with Gasteiger partial charge in [0.05, 0.1) is 0 Å². The number of fused-ring (bicyclic) bond motifs is 5. The molecule has 132 valence electrons. The van der Waals surface area contributed by atoms with Gasteiger partial charge < -0.3 is 4.74 Å². The lowest BCUT2D eigenvalue weighted by Crippen LogP contribution is -2.45. The second kappa shape index (κ2) is 5.63. The first-order chi connectivity index (χ1) is 11.9. The van der Waals surface area contributed by atoms with Crippen molar-refractivity contribution in [2.75, 3.05) is 0 Å². The van der Waals surface area contributed by atoms with Gasteiger partial charge in [-0.2, -0.15) is 0 Å². The van der Waals surface area contributed by atoms with Gasteiger partial charge >= 0.3 is 5.97 Å². The lowest BCUT2D eigenvalue weighted by molar-refractivity contribution is -0.131. The van der Waals surface area contributed by atoms with Crippen LogP contribution in [0.25, 0.3) is 0 Å². The summed E-state index contributed by atoms with van der Waals surface area (Å²) in [5.41, 5.74) is 3.21. The lowest BCUT2D eigenvalue weighted by Gasteiger charge is -2.53. The molecular formula is C23H28O2. The minimum atomic E-state index is -0.249. The number of rotatable bonds is 1. The van der Waals surface area contributed by atoms with Gasteiger partial charge in [0.1, 0.15) is 5.75 Å². The van der Waals surface area contributed by atoms with Crippen LogP contribution in [-0.4, -0.2) is 5.97 Å². The fourth-order valence-corrected chi connectivity index (χ4v) is 6.29. The molecule has 0 saturated heterocycles. The van der Waals surface area contributed by atoms with Gasteiger partial charge in [-0.1, -0.05) is 18.9 Å². The Morgan fingerprint density at radius 1 is 1.24 bits per heavy atom. The van der Waals surface area contributed by atoms with E-state index < -0.39 is 0 Å². The summed E-state index contributed by atoms with van der Waals surface area (Å²) in [6, 6.07) is 6.26. The van der Waals surface area contributed by atoms with Gasteiger partial charge in [0.2, 0.25) is 0 Å². The number of hydrogen-bond donors (Lipinski definition) is 0. The maximum atomic E-state index is 11.2. The standard InChI is InChI=1S/C23H28O2/c1-5-22(3)12-11-21-20-8-6-16-14-17(25-15(2)24)7-9-18(16)19(20)10-13-23(21,22)4/h1,7,9,14,19-21H,6,8,10-13H2,2-4H3/t19-,20-,21+,22?,23+/m1/s1. The molecule has 2 heteroatoms. The maximum Gasteiger partial charge on any atom is 0.308 e. The third-order valence-corrected chi connectivity index (χ3v) is 7.88. The minimum absolute atomic E-state index is 0.0576. The van der Waals surface area contributed by atoms with E-state index in [1.165, 1.54) is 50.2 Å². The molecular weight excluding hydrogens is 308 g/mol. The third kappa shape index (κ3) is 2.35. The van der Waals surface area contributed by atoms with Gasteiger partial charge in [0.25, 0.3) is 0 Å². The molecule has 0 bridgehead atoms. The summed E-state index contributed by atoms with van der Waals surface area (Å²) in [7, 11) is 0. The Labute approximate surface area is 151 Å². The summed E-state index contributed by atoms with van der Waals surface area (Å²) in [6.07, 6.45) is 13.2. The summed E-state index contributed by atoms with van der Waals surface area (Å²) in [5.74, 6) is 5.75. The Kier molecular flexibility index (Phi) is 3.76. The molecule has 1 unspecified atom stereocenters. The predicted molar refractivity (Wildman–Crippen MR) is 99.3 cm³/mol. The van der Waals surface area contributed by atoms with Gasteiger partial charge in [-0.05, 0) is 91.9 Å². The topological polar surface area (TPSA) is 26.3 Å². The first kappa shape index (κ1) is 16.7. The molecule has 1 aromatic carbocycles. The number of carbonyl (C=O) groups is 1. The van der Waals surface area contributed by atoms with E-state index in [1.54, 1.807) is 0 Å². The van der Waals surface area contributed by atoms with Crippen molar-refractivity contribution < 1.29 is 9.53 Å². The molecule has 2 saturated carbocycles. The van der Waals surface area contributed by atoms with Crippen molar-refractivity contribution in [2.45, 2.75) is 65.2 Å². The van der Waals surface area contributed by atoms with E-state index in [1.807, 2.05) is 6.07 Å². The normalized spacial score (nSPS) is 38.9. The SMILES string of the molecule is C#CC1(C)CC[C@H]2[C@@H]3CCc4cc(OC(C)=O)ccc4[C@H]3CC[C@@]21C. The van der Waals surface area contributed by atoms with Crippen LogP contribution in [-0.2, 0) is 11.2 Å². The van der Waals surface area contributed by atoms with E-state index in [9.17, 15) is 4.79 Å². The molecule has 2 nitrogen and oxygen atoms in total. The second-order valence-electron chi connectivity index (χ2n) is 8.84. The minimum Gasteiger partial charge on any atom is -0.427 e. The van der Waals surface area contributed by atoms with Gasteiger partial charge in [-0.25, -0.2) is 0 Å². The summed E-state index contributed by atoms with van der Waals surface area (Å²) >= 11 is 0. The fraction of sp³-hybridized carbons (Fsp3) is 0.609. The van der Waals surface area contributed by atoms with Crippen LogP contribution in [0.5, 0.6) is 5.75 Å². The molecule has 0 heterocycles. The Morgan fingerprint density at radius 2 is 2.04 bits per heavy atom. The van der Waals surface area contributed by atoms with Crippen molar-refractivity contribution in [1.82, 2.24) is 0 Å². The molecule has 5 atom stereocenters. The van der Waals surface area contributed by atoms with Crippen LogP contribution < -0.4 is 4.74 Å². The molecule has 2 fully saturated rings. The maximum absolute atomic E-state index is 11.2. The zero-order valence-corrected chi connectivity index (χ0v) is 15.6. The van der Waals surface area contributed by atoms with E-state index in [-0.39, 0.29) is 16.8 Å².